The van der Waals surface area contributed by atoms with E-state index in [1.54, 1.807) is 24.3 Å². The molecule has 0 spiro atoms. The van der Waals surface area contributed by atoms with Gasteiger partial charge in [0.25, 0.3) is 0 Å². The van der Waals surface area contributed by atoms with Gasteiger partial charge in [-0.1, -0.05) is 36.4 Å². The van der Waals surface area contributed by atoms with Crippen molar-refractivity contribution in [1.29, 1.82) is 0 Å². The third-order valence-electron chi connectivity index (χ3n) is 2.77. The summed E-state index contributed by atoms with van der Waals surface area (Å²) in [7, 11) is 0. The maximum Gasteiger partial charge on any atom is 0.346 e. The van der Waals surface area contributed by atoms with E-state index >= 15 is 0 Å². The van der Waals surface area contributed by atoms with Crippen molar-refractivity contribution >= 4 is 21.5 Å². The number of benzene rings is 2. The Morgan fingerprint density at radius 3 is 1.35 bits per heavy atom. The lowest BCUT2D eigenvalue weighted by Gasteiger charge is -1.93. The highest BCUT2D eigenvalue weighted by atomic mass is 16.4. The van der Waals surface area contributed by atoms with E-state index in [0.29, 0.717) is 10.8 Å². The largest absolute Gasteiger partial charge is 0.386 e. The third-order valence-corrected chi connectivity index (χ3v) is 2.77. The second kappa shape index (κ2) is 3.56. The summed E-state index contributed by atoms with van der Waals surface area (Å²) in [6, 6.07) is 14.1. The van der Waals surface area contributed by atoms with Crippen LogP contribution in [0.25, 0.3) is 21.5 Å². The molecule has 0 saturated heterocycles. The van der Waals surface area contributed by atoms with E-state index < -0.39 is 11.3 Å². The summed E-state index contributed by atoms with van der Waals surface area (Å²) in [4.78, 5) is 23.5. The maximum atomic E-state index is 11.7. The van der Waals surface area contributed by atoms with Gasteiger partial charge in [0, 0.05) is 0 Å². The minimum absolute atomic E-state index is 0.422. The van der Waals surface area contributed by atoms with Gasteiger partial charge in [0.05, 0.1) is 10.8 Å². The fourth-order valence-electron chi connectivity index (χ4n) is 1.99. The highest BCUT2D eigenvalue weighted by Crippen LogP contribution is 2.18. The summed E-state index contributed by atoms with van der Waals surface area (Å²) >= 11 is 0. The van der Waals surface area contributed by atoms with Gasteiger partial charge in [-0.2, -0.15) is 0 Å². The number of rotatable bonds is 0. The van der Waals surface area contributed by atoms with E-state index in [0.717, 1.165) is 10.8 Å². The molecule has 2 aromatic carbocycles. The van der Waals surface area contributed by atoms with Gasteiger partial charge in [0.15, 0.2) is 0 Å². The quantitative estimate of drug-likeness (QED) is 0.588. The van der Waals surface area contributed by atoms with Crippen LogP contribution in [-0.4, -0.2) is 0 Å². The van der Waals surface area contributed by atoms with Crippen molar-refractivity contribution < 1.29 is 4.42 Å². The van der Waals surface area contributed by atoms with Gasteiger partial charge in [0.2, 0.25) is 0 Å². The fourth-order valence-corrected chi connectivity index (χ4v) is 1.99. The lowest BCUT2D eigenvalue weighted by atomic mass is 10.1. The molecular weight excluding hydrogens is 216 g/mol. The molecule has 0 unspecified atom stereocenters. The minimum Gasteiger partial charge on any atom is -0.386 e. The van der Waals surface area contributed by atoms with Crippen LogP contribution in [0.15, 0.2) is 62.5 Å². The van der Waals surface area contributed by atoms with Crippen molar-refractivity contribution in [2.75, 3.05) is 0 Å². The third kappa shape index (κ3) is 1.44. The van der Waals surface area contributed by atoms with Crippen LogP contribution in [0.2, 0.25) is 0 Å². The molecule has 0 bridgehead atoms. The zero-order valence-corrected chi connectivity index (χ0v) is 8.84. The fraction of sp³-hybridized carbons (Fsp3) is 0. The van der Waals surface area contributed by atoms with Gasteiger partial charge in [-0.05, 0) is 22.9 Å². The normalized spacial score (nSPS) is 10.8. The highest BCUT2D eigenvalue weighted by molar-refractivity contribution is 6.04. The Kier molecular flexibility index (Phi) is 2.05. The maximum absolute atomic E-state index is 11.7. The molecule has 0 aliphatic rings. The van der Waals surface area contributed by atoms with Crippen LogP contribution < -0.4 is 11.3 Å². The summed E-state index contributed by atoms with van der Waals surface area (Å²) in [6.07, 6.45) is 0. The molecule has 1 aromatic heterocycles. The topological polar surface area (TPSA) is 47.3 Å². The summed E-state index contributed by atoms with van der Waals surface area (Å²) < 4.78 is 4.79. The van der Waals surface area contributed by atoms with Crippen LogP contribution in [0, 0.1) is 0 Å². The number of fused-ring (bicyclic) bond motifs is 3. The second-order valence-corrected chi connectivity index (χ2v) is 3.77. The van der Waals surface area contributed by atoms with Crippen LogP contribution in [0.5, 0.6) is 0 Å². The standard InChI is InChI=1S/C14H8O3/c15-13-11-7-3-1-5-9(11)10-6-2-4-8-12(10)14(16)17-13/h1-8H. The highest BCUT2D eigenvalue weighted by Gasteiger charge is 2.05. The van der Waals surface area contributed by atoms with E-state index in [1.807, 2.05) is 24.3 Å². The average molecular weight is 224 g/mol. The molecule has 0 aliphatic carbocycles. The van der Waals surface area contributed by atoms with Crippen LogP contribution >= 0.6 is 0 Å². The molecule has 0 atom stereocenters. The van der Waals surface area contributed by atoms with Crippen molar-refractivity contribution in [2.45, 2.75) is 0 Å². The predicted octanol–water partition coefficient (Wildman–Crippen LogP) is 2.31. The SMILES string of the molecule is O=c1oc(=O)c2ccccc2c2ccccc12. The van der Waals surface area contributed by atoms with Crippen molar-refractivity contribution in [3.05, 3.63) is 69.4 Å². The Morgan fingerprint density at radius 1 is 0.588 bits per heavy atom. The van der Waals surface area contributed by atoms with Crippen molar-refractivity contribution in [1.82, 2.24) is 0 Å². The Labute approximate surface area is 95.9 Å². The molecule has 0 fully saturated rings. The Hall–Kier alpha value is -2.42. The van der Waals surface area contributed by atoms with E-state index in [2.05, 4.69) is 0 Å². The molecule has 3 aromatic rings. The van der Waals surface area contributed by atoms with E-state index in [4.69, 9.17) is 4.42 Å². The lowest BCUT2D eigenvalue weighted by molar-refractivity contribution is 0.491. The molecule has 0 radical (unpaired) electrons. The summed E-state index contributed by atoms with van der Waals surface area (Å²) in [6.45, 7) is 0. The average Bonchev–Trinajstić information content (AvgIpc) is 2.48. The Morgan fingerprint density at radius 2 is 0.941 bits per heavy atom. The van der Waals surface area contributed by atoms with Gasteiger partial charge >= 0.3 is 11.3 Å². The molecule has 0 amide bonds. The molecule has 3 rings (SSSR count). The Balaban J connectivity index is 2.83. The first kappa shape index (κ1) is 9.78. The zero-order chi connectivity index (χ0) is 11.8. The molecule has 3 heteroatoms. The van der Waals surface area contributed by atoms with Crippen molar-refractivity contribution in [2.24, 2.45) is 0 Å². The summed E-state index contributed by atoms with van der Waals surface area (Å²) in [5.41, 5.74) is -1.19. The van der Waals surface area contributed by atoms with Gasteiger partial charge in [-0.15, -0.1) is 0 Å². The first-order chi connectivity index (χ1) is 8.27. The van der Waals surface area contributed by atoms with Gasteiger partial charge in [0.1, 0.15) is 0 Å². The molecular formula is C14H8O3. The van der Waals surface area contributed by atoms with Crippen LogP contribution in [-0.2, 0) is 0 Å². The number of hydrogen-bond acceptors (Lipinski definition) is 3. The molecule has 0 aliphatic heterocycles. The molecule has 3 nitrogen and oxygen atoms in total. The zero-order valence-electron chi connectivity index (χ0n) is 8.84. The minimum atomic E-state index is -0.596. The van der Waals surface area contributed by atoms with Gasteiger partial charge in [-0.25, -0.2) is 9.59 Å². The summed E-state index contributed by atoms with van der Waals surface area (Å²) in [5, 5.41) is 2.31. The monoisotopic (exact) mass is 224 g/mol. The molecule has 0 N–H and O–H groups in total. The molecule has 82 valence electrons. The Bertz CT molecular complexity index is 762. The molecule has 1 heterocycles. The smallest absolute Gasteiger partial charge is 0.346 e. The van der Waals surface area contributed by atoms with Crippen LogP contribution in [0.4, 0.5) is 0 Å². The van der Waals surface area contributed by atoms with Crippen LogP contribution in [0.1, 0.15) is 0 Å². The van der Waals surface area contributed by atoms with Crippen LogP contribution in [0.3, 0.4) is 0 Å². The number of hydrogen-bond donors (Lipinski definition) is 0. The van der Waals surface area contributed by atoms with Crippen molar-refractivity contribution in [3.8, 4) is 0 Å². The van der Waals surface area contributed by atoms with E-state index in [1.165, 1.54) is 0 Å². The molecule has 0 saturated carbocycles. The van der Waals surface area contributed by atoms with E-state index in [-0.39, 0.29) is 0 Å². The predicted molar refractivity (Wildman–Crippen MR) is 66.3 cm³/mol. The van der Waals surface area contributed by atoms with Gasteiger partial charge in [-0.3, -0.25) is 0 Å². The lowest BCUT2D eigenvalue weighted by Crippen LogP contribution is -2.04. The molecule has 17 heavy (non-hydrogen) atoms. The van der Waals surface area contributed by atoms with Crippen molar-refractivity contribution in [3.63, 3.8) is 0 Å². The van der Waals surface area contributed by atoms with E-state index in [9.17, 15) is 9.59 Å². The second-order valence-electron chi connectivity index (χ2n) is 3.77. The van der Waals surface area contributed by atoms with Gasteiger partial charge < -0.3 is 4.42 Å². The first-order valence-corrected chi connectivity index (χ1v) is 5.22. The first-order valence-electron chi connectivity index (χ1n) is 5.22. The summed E-state index contributed by atoms with van der Waals surface area (Å²) in [5.74, 6) is 0.